The van der Waals surface area contributed by atoms with Gasteiger partial charge in [-0.25, -0.2) is 0 Å². The summed E-state index contributed by atoms with van der Waals surface area (Å²) in [7, 11) is 2.57. The van der Waals surface area contributed by atoms with E-state index in [1.807, 2.05) is 6.07 Å². The average Bonchev–Trinajstić information content (AvgIpc) is 2.87. The van der Waals surface area contributed by atoms with Gasteiger partial charge < -0.3 is 20.1 Å². The number of nitriles is 1. The second kappa shape index (κ2) is 12.1. The molecule has 0 bridgehead atoms. The molecule has 2 aromatic rings. The predicted octanol–water partition coefficient (Wildman–Crippen LogP) is 5.24. The largest absolute Gasteiger partial charge is 0.496 e. The minimum atomic E-state index is -4.64. The number of anilines is 1. The lowest BCUT2D eigenvalue weighted by Gasteiger charge is -2.31. The second-order valence-corrected chi connectivity index (χ2v) is 9.99. The molecule has 2 amide bonds. The van der Waals surface area contributed by atoms with Crippen LogP contribution in [0.2, 0.25) is 5.02 Å². The van der Waals surface area contributed by atoms with Crippen molar-refractivity contribution in [3.8, 4) is 11.8 Å². The van der Waals surface area contributed by atoms with Crippen molar-refractivity contribution in [1.29, 1.82) is 5.26 Å². The van der Waals surface area contributed by atoms with E-state index in [4.69, 9.17) is 21.1 Å². The van der Waals surface area contributed by atoms with Crippen molar-refractivity contribution in [2.24, 2.45) is 5.92 Å². The van der Waals surface area contributed by atoms with E-state index in [0.29, 0.717) is 21.9 Å². The summed E-state index contributed by atoms with van der Waals surface area (Å²) in [5.74, 6) is -4.72. The molecule has 2 atom stereocenters. The molecule has 200 valence electrons. The highest BCUT2D eigenvalue weighted by atomic mass is 79.9. The van der Waals surface area contributed by atoms with Crippen LogP contribution in [-0.2, 0) is 25.3 Å². The number of methoxy groups -OCH3 is 2. The standard InChI is InChI=1S/C24H18BrClF3N3O5S/c1-36-17-6-3-11(7-14(17)25)19-13(9-30)22(32-21(34)20(19)23(35)37-2)38-10-18(33)31-16-8-12(24(27,28)29)4-5-15(16)26/h3-8,19-20H,10H2,1-2H3,(H,31,33)(H,32,34)/t19-,20+/m0/s1. The lowest BCUT2D eigenvalue weighted by molar-refractivity contribution is -0.150. The normalized spacial score (nSPS) is 17.4. The fraction of sp³-hybridized carbons (Fsp3) is 0.250. The fourth-order valence-corrected chi connectivity index (χ4v) is 5.25. The number of thioether (sulfide) groups is 1. The number of alkyl halides is 3. The van der Waals surface area contributed by atoms with Gasteiger partial charge in [0.05, 0.1) is 57.4 Å². The first-order valence-electron chi connectivity index (χ1n) is 10.6. The molecule has 8 nitrogen and oxygen atoms in total. The molecule has 0 saturated carbocycles. The highest BCUT2D eigenvalue weighted by molar-refractivity contribution is 9.10. The number of benzene rings is 2. The lowest BCUT2D eigenvalue weighted by atomic mass is 9.78. The molecule has 0 unspecified atom stereocenters. The van der Waals surface area contributed by atoms with Crippen LogP contribution in [0, 0.1) is 17.2 Å². The average molecular weight is 633 g/mol. The topological polar surface area (TPSA) is 118 Å². The summed E-state index contributed by atoms with van der Waals surface area (Å²) in [4.78, 5) is 38.0. The second-order valence-electron chi connectivity index (χ2n) is 7.75. The Labute approximate surface area is 232 Å². The molecule has 1 aliphatic rings. The Kier molecular flexibility index (Phi) is 9.35. The van der Waals surface area contributed by atoms with Gasteiger partial charge in [-0.05, 0) is 51.8 Å². The number of nitrogens with one attached hydrogen (secondary N) is 2. The van der Waals surface area contributed by atoms with Crippen LogP contribution in [0.1, 0.15) is 17.0 Å². The number of hydrogen-bond acceptors (Lipinski definition) is 7. The molecule has 0 spiro atoms. The van der Waals surface area contributed by atoms with Gasteiger partial charge in [-0.1, -0.05) is 29.4 Å². The van der Waals surface area contributed by atoms with Crippen molar-refractivity contribution in [3.05, 3.63) is 67.6 Å². The van der Waals surface area contributed by atoms with Crippen LogP contribution in [0.25, 0.3) is 0 Å². The third kappa shape index (κ3) is 6.43. The maximum atomic E-state index is 13.0. The van der Waals surface area contributed by atoms with Gasteiger partial charge in [0.2, 0.25) is 11.8 Å². The molecular formula is C24H18BrClF3N3O5S. The number of allylic oxidation sites excluding steroid dienone is 1. The Bertz CT molecular complexity index is 1360. The molecule has 0 fully saturated rings. The van der Waals surface area contributed by atoms with E-state index in [2.05, 4.69) is 26.6 Å². The van der Waals surface area contributed by atoms with Crippen LogP contribution < -0.4 is 15.4 Å². The molecule has 38 heavy (non-hydrogen) atoms. The van der Waals surface area contributed by atoms with Gasteiger partial charge in [0.15, 0.2) is 0 Å². The van der Waals surface area contributed by atoms with Crippen molar-refractivity contribution in [2.45, 2.75) is 12.1 Å². The molecule has 3 rings (SSSR count). The molecule has 1 aliphatic heterocycles. The SMILES string of the molecule is COC(=O)[C@H]1C(=O)NC(SCC(=O)Nc2cc(C(F)(F)F)ccc2Cl)=C(C#N)[C@@H]1c1ccc(OC)c(Br)c1. The molecule has 14 heteroatoms. The molecule has 2 aromatic carbocycles. The third-order valence-corrected chi connectivity index (χ3v) is 7.40. The van der Waals surface area contributed by atoms with E-state index >= 15 is 0 Å². The van der Waals surface area contributed by atoms with Gasteiger partial charge >= 0.3 is 12.1 Å². The van der Waals surface area contributed by atoms with Crippen molar-refractivity contribution in [2.75, 3.05) is 25.3 Å². The Morgan fingerprint density at radius 2 is 1.95 bits per heavy atom. The third-order valence-electron chi connectivity index (χ3n) is 5.43. The number of carbonyl (C=O) groups is 3. The summed E-state index contributed by atoms with van der Waals surface area (Å²) in [5.41, 5.74) is -0.827. The number of carbonyl (C=O) groups excluding carboxylic acids is 3. The maximum absolute atomic E-state index is 13.0. The van der Waals surface area contributed by atoms with E-state index in [9.17, 15) is 32.8 Å². The Morgan fingerprint density at radius 3 is 2.53 bits per heavy atom. The predicted molar refractivity (Wildman–Crippen MR) is 137 cm³/mol. The van der Waals surface area contributed by atoms with E-state index in [1.54, 1.807) is 18.2 Å². The van der Waals surface area contributed by atoms with Gasteiger partial charge in [-0.3, -0.25) is 14.4 Å². The van der Waals surface area contributed by atoms with Crippen LogP contribution in [0.15, 0.2) is 51.5 Å². The minimum absolute atomic E-state index is 0.00744. The van der Waals surface area contributed by atoms with Crippen LogP contribution in [0.3, 0.4) is 0 Å². The molecule has 0 aromatic heterocycles. The number of ether oxygens (including phenoxy) is 2. The number of hydrogen-bond donors (Lipinski definition) is 2. The zero-order chi connectivity index (χ0) is 28.2. The number of halogens is 5. The maximum Gasteiger partial charge on any atom is 0.416 e. The number of amides is 2. The fourth-order valence-electron chi connectivity index (χ4n) is 3.68. The summed E-state index contributed by atoms with van der Waals surface area (Å²) < 4.78 is 49.6. The Balaban J connectivity index is 1.91. The quantitative estimate of drug-likeness (QED) is 0.317. The summed E-state index contributed by atoms with van der Waals surface area (Å²) in [6.07, 6.45) is -4.64. The number of rotatable bonds is 7. The van der Waals surface area contributed by atoms with Crippen LogP contribution in [0.4, 0.5) is 18.9 Å². The summed E-state index contributed by atoms with van der Waals surface area (Å²) in [6, 6.07) is 9.27. The molecular weight excluding hydrogens is 615 g/mol. The van der Waals surface area contributed by atoms with E-state index in [0.717, 1.165) is 31.0 Å². The first-order chi connectivity index (χ1) is 17.9. The monoisotopic (exact) mass is 631 g/mol. The summed E-state index contributed by atoms with van der Waals surface area (Å²) in [6.45, 7) is 0. The van der Waals surface area contributed by atoms with E-state index in [1.165, 1.54) is 7.11 Å². The van der Waals surface area contributed by atoms with Crippen LogP contribution in [0.5, 0.6) is 5.75 Å². The molecule has 0 radical (unpaired) electrons. The van der Waals surface area contributed by atoms with Crippen molar-refractivity contribution >= 4 is 62.8 Å². The minimum Gasteiger partial charge on any atom is -0.496 e. The van der Waals surface area contributed by atoms with Gasteiger partial charge in [0.1, 0.15) is 11.7 Å². The molecule has 1 heterocycles. The van der Waals surface area contributed by atoms with E-state index in [-0.39, 0.29) is 21.3 Å². The first kappa shape index (κ1) is 29.3. The smallest absolute Gasteiger partial charge is 0.416 e. The van der Waals surface area contributed by atoms with Crippen molar-refractivity contribution in [1.82, 2.24) is 5.32 Å². The van der Waals surface area contributed by atoms with Gasteiger partial charge in [0.25, 0.3) is 0 Å². The summed E-state index contributed by atoms with van der Waals surface area (Å²) >= 11 is 10.0. The van der Waals surface area contributed by atoms with Crippen molar-refractivity contribution < 1.29 is 37.0 Å². The summed E-state index contributed by atoms with van der Waals surface area (Å²) in [5, 5.41) is 14.7. The Hall–Kier alpha value is -3.21. The highest BCUT2D eigenvalue weighted by Gasteiger charge is 2.44. The van der Waals surface area contributed by atoms with Crippen LogP contribution in [-0.4, -0.2) is 37.8 Å². The Morgan fingerprint density at radius 1 is 1.24 bits per heavy atom. The van der Waals surface area contributed by atoms with Gasteiger partial charge in [-0.2, -0.15) is 18.4 Å². The lowest BCUT2D eigenvalue weighted by Crippen LogP contribution is -2.44. The molecule has 2 N–H and O–H groups in total. The number of nitrogens with zero attached hydrogens (tertiary/aromatic N) is 1. The highest BCUT2D eigenvalue weighted by Crippen LogP contribution is 2.42. The molecule has 0 saturated heterocycles. The van der Waals surface area contributed by atoms with Gasteiger partial charge in [-0.15, -0.1) is 0 Å². The first-order valence-corrected chi connectivity index (χ1v) is 12.7. The zero-order valence-electron chi connectivity index (χ0n) is 19.6. The number of esters is 1. The molecule has 0 aliphatic carbocycles. The van der Waals surface area contributed by atoms with Gasteiger partial charge in [0, 0.05) is 5.92 Å². The van der Waals surface area contributed by atoms with Crippen molar-refractivity contribution in [3.63, 3.8) is 0 Å². The zero-order valence-corrected chi connectivity index (χ0v) is 22.8. The van der Waals surface area contributed by atoms with E-state index < -0.39 is 47.1 Å². The van der Waals surface area contributed by atoms with Crippen LogP contribution >= 0.6 is 39.3 Å².